The molecule has 7 nitrogen and oxygen atoms in total. The quantitative estimate of drug-likeness (QED) is 0.305. The van der Waals surface area contributed by atoms with Gasteiger partial charge in [-0.05, 0) is 61.4 Å². The van der Waals surface area contributed by atoms with Crippen molar-refractivity contribution in [1.29, 1.82) is 0 Å². The van der Waals surface area contributed by atoms with Crippen LogP contribution in [0.5, 0.6) is 0 Å². The molecular formula is C26H25ClN6O. The number of anilines is 2. The molecule has 2 aliphatic rings. The Bertz CT molecular complexity index is 1370. The number of aromatic nitrogens is 3. The molecule has 34 heavy (non-hydrogen) atoms. The van der Waals surface area contributed by atoms with Gasteiger partial charge in [-0.15, -0.1) is 0 Å². The van der Waals surface area contributed by atoms with Crippen LogP contribution in [0.4, 0.5) is 11.6 Å². The number of carbonyl (C=O) groups excluding carboxylic acids is 1. The predicted molar refractivity (Wildman–Crippen MR) is 135 cm³/mol. The molecule has 0 unspecified atom stereocenters. The molecule has 5 N–H and O–H groups in total. The third kappa shape index (κ3) is 3.76. The van der Waals surface area contributed by atoms with Gasteiger partial charge in [-0.1, -0.05) is 29.8 Å². The zero-order chi connectivity index (χ0) is 23.3. The van der Waals surface area contributed by atoms with Gasteiger partial charge in [-0.2, -0.15) is 0 Å². The highest BCUT2D eigenvalue weighted by Gasteiger charge is 2.53. The molecule has 8 heteroatoms. The average molecular weight is 473 g/mol. The molecule has 172 valence electrons. The summed E-state index contributed by atoms with van der Waals surface area (Å²) in [6.45, 7) is 0. The van der Waals surface area contributed by atoms with Gasteiger partial charge in [0.1, 0.15) is 0 Å². The number of H-pyrrole nitrogens is 1. The molecule has 1 spiro atoms. The fourth-order valence-electron chi connectivity index (χ4n) is 5.49. The van der Waals surface area contributed by atoms with Gasteiger partial charge in [0, 0.05) is 46.0 Å². The van der Waals surface area contributed by atoms with Gasteiger partial charge in [0.25, 0.3) is 5.91 Å². The Labute approximate surface area is 202 Å². The number of fused-ring (bicyclic) bond motifs is 1. The zero-order valence-electron chi connectivity index (χ0n) is 18.5. The van der Waals surface area contributed by atoms with Crippen molar-refractivity contribution in [2.75, 3.05) is 11.1 Å². The van der Waals surface area contributed by atoms with E-state index in [1.54, 1.807) is 30.5 Å². The zero-order valence-corrected chi connectivity index (χ0v) is 19.3. The van der Waals surface area contributed by atoms with E-state index in [4.69, 9.17) is 22.3 Å². The molecular weight excluding hydrogens is 448 g/mol. The molecule has 2 fully saturated rings. The lowest BCUT2D eigenvalue weighted by molar-refractivity contribution is -0.0103. The van der Waals surface area contributed by atoms with Crippen LogP contribution in [-0.2, 0) is 0 Å². The van der Waals surface area contributed by atoms with Crippen molar-refractivity contribution in [2.45, 2.75) is 37.8 Å². The summed E-state index contributed by atoms with van der Waals surface area (Å²) in [5.41, 5.74) is 10.1. The van der Waals surface area contributed by atoms with Gasteiger partial charge in [0.05, 0.1) is 16.9 Å². The topological polar surface area (TPSA) is 109 Å². The van der Waals surface area contributed by atoms with Gasteiger partial charge in [0.2, 0.25) is 5.95 Å². The number of amides is 1. The monoisotopic (exact) mass is 472 g/mol. The summed E-state index contributed by atoms with van der Waals surface area (Å²) in [4.78, 5) is 24.8. The highest BCUT2D eigenvalue weighted by atomic mass is 35.5. The van der Waals surface area contributed by atoms with Crippen molar-refractivity contribution in [1.82, 2.24) is 20.3 Å². The lowest BCUT2D eigenvalue weighted by Crippen LogP contribution is -2.59. The van der Waals surface area contributed by atoms with Crippen LogP contribution in [0.3, 0.4) is 0 Å². The van der Waals surface area contributed by atoms with E-state index in [9.17, 15) is 4.79 Å². The maximum Gasteiger partial charge on any atom is 0.251 e. The molecule has 1 amide bonds. The molecule has 0 radical (unpaired) electrons. The van der Waals surface area contributed by atoms with Crippen molar-refractivity contribution in [3.8, 4) is 11.3 Å². The maximum atomic E-state index is 12.4. The number of aromatic amines is 1. The number of rotatable bonds is 5. The van der Waals surface area contributed by atoms with E-state index in [-0.39, 0.29) is 11.9 Å². The molecule has 2 heterocycles. The summed E-state index contributed by atoms with van der Waals surface area (Å²) in [5, 5.41) is 8.23. The second-order valence-electron chi connectivity index (χ2n) is 9.59. The average Bonchev–Trinajstić information content (AvgIpc) is 3.21. The standard InChI is InChI=1S/C26H25ClN6O/c27-21-14-30-25(33-23(21)20-13-29-22-4-2-1-3-19(20)22)32-18-11-26(12-18)9-17(10-26)31-24(34)15-5-7-16(28)8-6-15/h1-8,13-14,17-18,29H,9-12,28H2,(H,31,34)(H,30,32,33). The minimum atomic E-state index is -0.0341. The van der Waals surface area contributed by atoms with Gasteiger partial charge in [-0.25, -0.2) is 9.97 Å². The number of hydrogen-bond acceptors (Lipinski definition) is 5. The number of carbonyl (C=O) groups is 1. The fourth-order valence-corrected chi connectivity index (χ4v) is 5.68. The van der Waals surface area contributed by atoms with E-state index in [0.29, 0.717) is 33.7 Å². The first kappa shape index (κ1) is 21.0. The van der Waals surface area contributed by atoms with Crippen LogP contribution < -0.4 is 16.4 Å². The van der Waals surface area contributed by atoms with Crippen molar-refractivity contribution < 1.29 is 4.79 Å². The summed E-state index contributed by atoms with van der Waals surface area (Å²) >= 11 is 6.45. The summed E-state index contributed by atoms with van der Waals surface area (Å²) in [7, 11) is 0. The first-order valence-corrected chi connectivity index (χ1v) is 11.9. The van der Waals surface area contributed by atoms with E-state index >= 15 is 0 Å². The number of halogens is 1. The Morgan fingerprint density at radius 1 is 1.06 bits per heavy atom. The van der Waals surface area contributed by atoms with Gasteiger partial charge >= 0.3 is 0 Å². The number of nitrogens with one attached hydrogen (secondary N) is 3. The summed E-state index contributed by atoms with van der Waals surface area (Å²) in [5.74, 6) is 0.560. The number of nitrogen functional groups attached to an aromatic ring is 1. The first-order chi connectivity index (χ1) is 16.5. The van der Waals surface area contributed by atoms with Crippen LogP contribution in [0, 0.1) is 5.41 Å². The Morgan fingerprint density at radius 3 is 2.59 bits per heavy atom. The molecule has 6 rings (SSSR count). The van der Waals surface area contributed by atoms with E-state index in [0.717, 1.165) is 47.8 Å². The lowest BCUT2D eigenvalue weighted by Gasteiger charge is -2.57. The fraction of sp³-hybridized carbons (Fsp3) is 0.269. The molecule has 2 saturated carbocycles. The number of hydrogen-bond donors (Lipinski definition) is 4. The molecule has 0 bridgehead atoms. The van der Waals surface area contributed by atoms with E-state index in [2.05, 4.69) is 26.7 Å². The lowest BCUT2D eigenvalue weighted by atomic mass is 9.52. The van der Waals surface area contributed by atoms with Crippen molar-refractivity contribution in [3.63, 3.8) is 0 Å². The van der Waals surface area contributed by atoms with E-state index in [1.165, 1.54) is 0 Å². The molecule has 4 aromatic rings. The number of para-hydroxylation sites is 1. The molecule has 2 aromatic carbocycles. The number of nitrogens with zero attached hydrogens (tertiary/aromatic N) is 2. The largest absolute Gasteiger partial charge is 0.399 e. The predicted octanol–water partition coefficient (Wildman–Crippen LogP) is 5.01. The number of nitrogens with two attached hydrogens (primary N) is 1. The Hall–Kier alpha value is -3.58. The molecule has 0 saturated heterocycles. The van der Waals surface area contributed by atoms with Crippen LogP contribution in [-0.4, -0.2) is 32.9 Å². The van der Waals surface area contributed by atoms with Crippen LogP contribution in [0.1, 0.15) is 36.0 Å². The third-order valence-electron chi connectivity index (χ3n) is 7.15. The summed E-state index contributed by atoms with van der Waals surface area (Å²) < 4.78 is 0. The van der Waals surface area contributed by atoms with E-state index in [1.807, 2.05) is 24.4 Å². The molecule has 2 aromatic heterocycles. The molecule has 2 aliphatic carbocycles. The third-order valence-corrected chi connectivity index (χ3v) is 7.42. The SMILES string of the molecule is Nc1ccc(C(=O)NC2CC3(C2)CC(Nc2ncc(Cl)c(-c4c[nH]c5ccccc45)n2)C3)cc1. The Kier molecular flexibility index (Phi) is 4.95. The molecule has 0 aliphatic heterocycles. The second-order valence-corrected chi connectivity index (χ2v) is 10.00. The van der Waals surface area contributed by atoms with Crippen molar-refractivity contribution in [2.24, 2.45) is 5.41 Å². The highest BCUT2D eigenvalue weighted by molar-refractivity contribution is 6.33. The first-order valence-electron chi connectivity index (χ1n) is 11.5. The normalized spacial score (nSPS) is 23.3. The van der Waals surface area contributed by atoms with Crippen molar-refractivity contribution in [3.05, 3.63) is 71.5 Å². The minimum absolute atomic E-state index is 0.0341. The minimum Gasteiger partial charge on any atom is -0.399 e. The van der Waals surface area contributed by atoms with Gasteiger partial charge < -0.3 is 21.4 Å². The summed E-state index contributed by atoms with van der Waals surface area (Å²) in [6, 6.07) is 15.7. The van der Waals surface area contributed by atoms with Crippen LogP contribution in [0.2, 0.25) is 5.02 Å². The maximum absolute atomic E-state index is 12.4. The summed E-state index contributed by atoms with van der Waals surface area (Å²) in [6.07, 6.45) is 7.72. The smallest absolute Gasteiger partial charge is 0.251 e. The number of benzene rings is 2. The van der Waals surface area contributed by atoms with Crippen molar-refractivity contribution >= 4 is 40.0 Å². The van der Waals surface area contributed by atoms with E-state index < -0.39 is 0 Å². The molecule has 0 atom stereocenters. The Morgan fingerprint density at radius 2 is 1.79 bits per heavy atom. The van der Waals surface area contributed by atoms with Crippen LogP contribution >= 0.6 is 11.6 Å². The second kappa shape index (κ2) is 8.02. The van der Waals surface area contributed by atoms with Gasteiger partial charge in [0.15, 0.2) is 0 Å². The van der Waals surface area contributed by atoms with Crippen LogP contribution in [0.15, 0.2) is 60.9 Å². The Balaban J connectivity index is 1.06. The highest BCUT2D eigenvalue weighted by Crippen LogP contribution is 2.56. The van der Waals surface area contributed by atoms with Gasteiger partial charge in [-0.3, -0.25) is 4.79 Å². The van der Waals surface area contributed by atoms with Crippen LogP contribution in [0.25, 0.3) is 22.2 Å².